The molecule has 0 fully saturated rings. The van der Waals surface area contributed by atoms with Gasteiger partial charge in [-0.15, -0.1) is 11.3 Å². The number of hydrogen-bond acceptors (Lipinski definition) is 4. The van der Waals surface area contributed by atoms with Crippen molar-refractivity contribution < 1.29 is 13.2 Å². The van der Waals surface area contributed by atoms with E-state index < -0.39 is 10.0 Å². The second-order valence-electron chi connectivity index (χ2n) is 6.25. The minimum absolute atomic E-state index is 0.163. The number of hydrogen-bond donors (Lipinski definition) is 0. The number of rotatable bonds is 7. The largest absolute Gasteiger partial charge is 0.337 e. The van der Waals surface area contributed by atoms with Crippen LogP contribution in [0.1, 0.15) is 40.2 Å². The van der Waals surface area contributed by atoms with Crippen molar-refractivity contribution in [1.82, 2.24) is 9.21 Å². The second-order valence-corrected chi connectivity index (χ2v) is 9.19. The summed E-state index contributed by atoms with van der Waals surface area (Å²) >= 11 is 1.62. The van der Waals surface area contributed by atoms with Gasteiger partial charge in [-0.05, 0) is 48.6 Å². The van der Waals surface area contributed by atoms with Crippen molar-refractivity contribution >= 4 is 27.3 Å². The Balaban J connectivity index is 2.34. The molecule has 26 heavy (non-hydrogen) atoms. The summed E-state index contributed by atoms with van der Waals surface area (Å²) in [6, 6.07) is 6.81. The summed E-state index contributed by atoms with van der Waals surface area (Å²) in [6.07, 6.45) is 0. The van der Waals surface area contributed by atoms with Gasteiger partial charge in [0.2, 0.25) is 10.0 Å². The number of carbonyl (C=O) groups excluding carboxylic acids is 1. The number of amides is 1. The SMILES string of the molecule is CCN(CC)S(=O)(=O)c1ccc(C)c(C(=O)N(C)Cc2sccc2C)c1. The Bertz CT molecular complexity index is 884. The fourth-order valence-corrected chi connectivity index (χ4v) is 5.21. The molecule has 1 aromatic carbocycles. The zero-order chi connectivity index (χ0) is 19.5. The molecule has 2 aromatic rings. The molecular weight excluding hydrogens is 368 g/mol. The third-order valence-electron chi connectivity index (χ3n) is 4.48. The fraction of sp³-hybridized carbons (Fsp3) is 0.421. The molecule has 0 aliphatic carbocycles. The van der Waals surface area contributed by atoms with Crippen molar-refractivity contribution in [2.24, 2.45) is 0 Å². The van der Waals surface area contributed by atoms with Gasteiger partial charge in [0.25, 0.3) is 5.91 Å². The van der Waals surface area contributed by atoms with Gasteiger partial charge < -0.3 is 4.90 Å². The summed E-state index contributed by atoms with van der Waals surface area (Å²) < 4.78 is 26.9. The molecule has 0 aliphatic heterocycles. The molecule has 5 nitrogen and oxygen atoms in total. The number of carbonyl (C=O) groups is 1. The van der Waals surface area contributed by atoms with Crippen LogP contribution >= 0.6 is 11.3 Å². The topological polar surface area (TPSA) is 57.7 Å². The predicted octanol–water partition coefficient (Wildman–Crippen LogP) is 3.67. The van der Waals surface area contributed by atoms with Gasteiger partial charge in [-0.1, -0.05) is 19.9 Å². The molecule has 0 bridgehead atoms. The minimum Gasteiger partial charge on any atom is -0.337 e. The lowest BCUT2D eigenvalue weighted by Gasteiger charge is -2.21. The molecule has 1 heterocycles. The lowest BCUT2D eigenvalue weighted by atomic mass is 10.1. The Labute approximate surface area is 160 Å². The van der Waals surface area contributed by atoms with Gasteiger partial charge in [0, 0.05) is 30.6 Å². The van der Waals surface area contributed by atoms with E-state index in [0.29, 0.717) is 25.2 Å². The van der Waals surface area contributed by atoms with Gasteiger partial charge in [-0.2, -0.15) is 4.31 Å². The molecule has 0 unspecified atom stereocenters. The maximum atomic E-state index is 12.9. The van der Waals surface area contributed by atoms with E-state index in [2.05, 4.69) is 0 Å². The van der Waals surface area contributed by atoms with E-state index in [9.17, 15) is 13.2 Å². The molecule has 0 spiro atoms. The van der Waals surface area contributed by atoms with E-state index in [-0.39, 0.29) is 10.8 Å². The molecule has 7 heteroatoms. The number of sulfonamides is 1. The third kappa shape index (κ3) is 4.16. The van der Waals surface area contributed by atoms with Crippen molar-refractivity contribution in [3.8, 4) is 0 Å². The summed E-state index contributed by atoms with van der Waals surface area (Å²) in [5.41, 5.74) is 2.35. The van der Waals surface area contributed by atoms with Crippen LogP contribution in [0.25, 0.3) is 0 Å². The summed E-state index contributed by atoms with van der Waals surface area (Å²) in [7, 11) is -1.85. The van der Waals surface area contributed by atoms with Gasteiger partial charge in [0.15, 0.2) is 0 Å². The first kappa shape index (κ1) is 20.6. The van der Waals surface area contributed by atoms with E-state index in [1.54, 1.807) is 49.3 Å². The molecular formula is C19H26N2O3S2. The predicted molar refractivity (Wildman–Crippen MR) is 106 cm³/mol. The maximum absolute atomic E-state index is 12.9. The van der Waals surface area contributed by atoms with Gasteiger partial charge in [-0.3, -0.25) is 4.79 Å². The van der Waals surface area contributed by atoms with Crippen molar-refractivity contribution in [2.75, 3.05) is 20.1 Å². The lowest BCUT2D eigenvalue weighted by Crippen LogP contribution is -2.31. The first-order chi connectivity index (χ1) is 12.2. The quantitative estimate of drug-likeness (QED) is 0.720. The Kier molecular flexibility index (Phi) is 6.60. The Morgan fingerprint density at radius 1 is 1.08 bits per heavy atom. The first-order valence-corrected chi connectivity index (χ1v) is 10.9. The molecule has 0 saturated heterocycles. The van der Waals surface area contributed by atoms with Crippen LogP contribution in [0.4, 0.5) is 0 Å². The summed E-state index contributed by atoms with van der Waals surface area (Å²) in [5, 5.41) is 2.01. The van der Waals surface area contributed by atoms with Crippen LogP contribution in [0, 0.1) is 13.8 Å². The lowest BCUT2D eigenvalue weighted by molar-refractivity contribution is 0.0785. The van der Waals surface area contributed by atoms with Gasteiger partial charge in [0.1, 0.15) is 0 Å². The van der Waals surface area contributed by atoms with Crippen LogP contribution in [-0.2, 0) is 16.6 Å². The molecule has 1 amide bonds. The van der Waals surface area contributed by atoms with Gasteiger partial charge >= 0.3 is 0 Å². The highest BCUT2D eigenvalue weighted by atomic mass is 32.2. The smallest absolute Gasteiger partial charge is 0.254 e. The Morgan fingerprint density at radius 2 is 1.73 bits per heavy atom. The molecule has 0 N–H and O–H groups in total. The van der Waals surface area contributed by atoms with Crippen molar-refractivity contribution in [1.29, 1.82) is 0 Å². The van der Waals surface area contributed by atoms with Crippen LogP contribution in [0.15, 0.2) is 34.5 Å². The third-order valence-corrected chi connectivity index (χ3v) is 7.53. The second kappa shape index (κ2) is 8.33. The normalized spacial score (nSPS) is 11.8. The molecule has 142 valence electrons. The van der Waals surface area contributed by atoms with E-state index in [1.165, 1.54) is 10.4 Å². The standard InChI is InChI=1S/C19H26N2O3S2/c1-6-21(7-2)26(23,24)16-9-8-14(3)17(12-16)19(22)20(5)13-18-15(4)10-11-25-18/h8-12H,6-7,13H2,1-5H3. The summed E-state index contributed by atoms with van der Waals surface area (Å²) in [5.74, 6) is -0.174. The van der Waals surface area contributed by atoms with E-state index >= 15 is 0 Å². The number of benzene rings is 1. The molecule has 0 radical (unpaired) electrons. The molecule has 2 rings (SSSR count). The maximum Gasteiger partial charge on any atom is 0.254 e. The number of nitrogens with zero attached hydrogens (tertiary/aromatic N) is 2. The summed E-state index contributed by atoms with van der Waals surface area (Å²) in [4.78, 5) is 15.8. The highest BCUT2D eigenvalue weighted by Crippen LogP contribution is 2.22. The average molecular weight is 395 g/mol. The Morgan fingerprint density at radius 3 is 2.27 bits per heavy atom. The molecule has 0 saturated carbocycles. The average Bonchev–Trinajstić information content (AvgIpc) is 3.00. The van der Waals surface area contributed by atoms with Crippen molar-refractivity contribution in [2.45, 2.75) is 39.1 Å². The minimum atomic E-state index is -3.59. The van der Waals surface area contributed by atoms with Crippen LogP contribution < -0.4 is 0 Å². The van der Waals surface area contributed by atoms with Crippen LogP contribution in [0.3, 0.4) is 0 Å². The summed E-state index contributed by atoms with van der Waals surface area (Å²) in [6.45, 7) is 8.75. The van der Waals surface area contributed by atoms with Crippen LogP contribution in [-0.4, -0.2) is 43.7 Å². The van der Waals surface area contributed by atoms with E-state index in [0.717, 1.165) is 16.0 Å². The first-order valence-electron chi connectivity index (χ1n) is 8.61. The van der Waals surface area contributed by atoms with Gasteiger partial charge in [0.05, 0.1) is 11.4 Å². The molecule has 0 atom stereocenters. The van der Waals surface area contributed by atoms with Crippen molar-refractivity contribution in [3.63, 3.8) is 0 Å². The molecule has 0 aliphatic rings. The number of aryl methyl sites for hydroxylation is 2. The van der Waals surface area contributed by atoms with E-state index in [4.69, 9.17) is 0 Å². The van der Waals surface area contributed by atoms with Crippen LogP contribution in [0.5, 0.6) is 0 Å². The van der Waals surface area contributed by atoms with E-state index in [1.807, 2.05) is 25.3 Å². The zero-order valence-electron chi connectivity index (χ0n) is 15.9. The fourth-order valence-electron chi connectivity index (χ4n) is 2.76. The number of thiophene rings is 1. The monoisotopic (exact) mass is 394 g/mol. The van der Waals surface area contributed by atoms with Crippen LogP contribution in [0.2, 0.25) is 0 Å². The highest BCUT2D eigenvalue weighted by Gasteiger charge is 2.24. The molecule has 1 aromatic heterocycles. The Hall–Kier alpha value is -1.70. The highest BCUT2D eigenvalue weighted by molar-refractivity contribution is 7.89. The zero-order valence-corrected chi connectivity index (χ0v) is 17.6. The van der Waals surface area contributed by atoms with Crippen molar-refractivity contribution in [3.05, 3.63) is 51.2 Å². The van der Waals surface area contributed by atoms with Gasteiger partial charge in [-0.25, -0.2) is 8.42 Å².